The molecule has 0 radical (unpaired) electrons. The SMILES string of the molecule is COc1nnc2cc(OC(C)C)ccc2n1. The Kier molecular flexibility index (Phi) is 2.85. The molecule has 0 fully saturated rings. The Labute approximate surface area is 93.4 Å². The predicted molar refractivity (Wildman–Crippen MR) is 59.6 cm³/mol. The van der Waals surface area contributed by atoms with Crippen LogP contribution in [-0.4, -0.2) is 28.4 Å². The minimum atomic E-state index is 0.136. The van der Waals surface area contributed by atoms with Gasteiger partial charge in [0.1, 0.15) is 11.3 Å². The first-order chi connectivity index (χ1) is 7.69. The molecule has 0 unspecified atom stereocenters. The van der Waals surface area contributed by atoms with Gasteiger partial charge in [0.05, 0.1) is 18.7 Å². The Bertz CT molecular complexity index is 500. The minimum Gasteiger partial charge on any atom is -0.491 e. The third kappa shape index (κ3) is 2.18. The van der Waals surface area contributed by atoms with Crippen LogP contribution in [0.4, 0.5) is 0 Å². The first-order valence-corrected chi connectivity index (χ1v) is 5.04. The van der Waals surface area contributed by atoms with E-state index >= 15 is 0 Å². The molecule has 0 bridgehead atoms. The smallest absolute Gasteiger partial charge is 0.335 e. The van der Waals surface area contributed by atoms with Crippen LogP contribution in [0, 0.1) is 0 Å². The van der Waals surface area contributed by atoms with Crippen LogP contribution in [0.1, 0.15) is 13.8 Å². The zero-order chi connectivity index (χ0) is 11.5. The van der Waals surface area contributed by atoms with Gasteiger partial charge in [-0.2, -0.15) is 4.98 Å². The lowest BCUT2D eigenvalue weighted by molar-refractivity contribution is 0.242. The first-order valence-electron chi connectivity index (χ1n) is 5.04. The quantitative estimate of drug-likeness (QED) is 0.788. The van der Waals surface area contributed by atoms with Gasteiger partial charge in [-0.15, -0.1) is 5.10 Å². The fourth-order valence-corrected chi connectivity index (χ4v) is 1.33. The molecule has 0 aliphatic heterocycles. The molecular formula is C11H13N3O2. The van der Waals surface area contributed by atoms with Gasteiger partial charge in [-0.1, -0.05) is 5.10 Å². The number of nitrogens with zero attached hydrogens (tertiary/aromatic N) is 3. The summed E-state index contributed by atoms with van der Waals surface area (Å²) >= 11 is 0. The normalized spacial score (nSPS) is 10.8. The van der Waals surface area contributed by atoms with E-state index in [-0.39, 0.29) is 12.1 Å². The zero-order valence-corrected chi connectivity index (χ0v) is 9.47. The fourth-order valence-electron chi connectivity index (χ4n) is 1.33. The standard InChI is InChI=1S/C11H13N3O2/c1-7(2)16-8-4-5-9-10(6-8)13-14-11(12-9)15-3/h4-7H,1-3H3. The van der Waals surface area contributed by atoms with Crippen molar-refractivity contribution in [3.05, 3.63) is 18.2 Å². The molecule has 0 aliphatic carbocycles. The van der Waals surface area contributed by atoms with E-state index < -0.39 is 0 Å². The van der Waals surface area contributed by atoms with Crippen molar-refractivity contribution in [2.24, 2.45) is 0 Å². The van der Waals surface area contributed by atoms with Crippen LogP contribution in [0.3, 0.4) is 0 Å². The maximum Gasteiger partial charge on any atom is 0.335 e. The number of benzene rings is 1. The summed E-state index contributed by atoms with van der Waals surface area (Å²) < 4.78 is 10.5. The number of aromatic nitrogens is 3. The Morgan fingerprint density at radius 2 is 1.94 bits per heavy atom. The lowest BCUT2D eigenvalue weighted by atomic mass is 10.3. The van der Waals surface area contributed by atoms with Crippen LogP contribution in [0.25, 0.3) is 11.0 Å². The Morgan fingerprint density at radius 3 is 2.62 bits per heavy atom. The topological polar surface area (TPSA) is 57.1 Å². The molecule has 0 aliphatic rings. The second kappa shape index (κ2) is 4.30. The van der Waals surface area contributed by atoms with Crippen LogP contribution >= 0.6 is 0 Å². The highest BCUT2D eigenvalue weighted by Gasteiger charge is 2.04. The second-order valence-electron chi connectivity index (χ2n) is 3.62. The number of methoxy groups -OCH3 is 1. The molecule has 0 saturated heterocycles. The van der Waals surface area contributed by atoms with Crippen molar-refractivity contribution in [2.75, 3.05) is 7.11 Å². The molecule has 84 valence electrons. The second-order valence-corrected chi connectivity index (χ2v) is 3.62. The molecule has 0 atom stereocenters. The lowest BCUT2D eigenvalue weighted by Crippen LogP contribution is -2.05. The molecule has 5 nitrogen and oxygen atoms in total. The molecule has 5 heteroatoms. The summed E-state index contributed by atoms with van der Waals surface area (Å²) in [6, 6.07) is 5.78. The largest absolute Gasteiger partial charge is 0.491 e. The zero-order valence-electron chi connectivity index (χ0n) is 9.47. The van der Waals surface area contributed by atoms with Gasteiger partial charge in [0.25, 0.3) is 0 Å². The van der Waals surface area contributed by atoms with Crippen molar-refractivity contribution < 1.29 is 9.47 Å². The van der Waals surface area contributed by atoms with Crippen LogP contribution in [0.5, 0.6) is 11.8 Å². The molecule has 16 heavy (non-hydrogen) atoms. The lowest BCUT2D eigenvalue weighted by Gasteiger charge is -2.09. The molecule has 2 rings (SSSR count). The molecular weight excluding hydrogens is 206 g/mol. The Morgan fingerprint density at radius 1 is 1.12 bits per heavy atom. The third-order valence-corrected chi connectivity index (χ3v) is 1.96. The minimum absolute atomic E-state index is 0.136. The van der Waals surface area contributed by atoms with Gasteiger partial charge >= 0.3 is 6.01 Å². The third-order valence-electron chi connectivity index (χ3n) is 1.96. The van der Waals surface area contributed by atoms with Crippen molar-refractivity contribution in [2.45, 2.75) is 20.0 Å². The van der Waals surface area contributed by atoms with Crippen molar-refractivity contribution in [1.82, 2.24) is 15.2 Å². The number of hydrogen-bond acceptors (Lipinski definition) is 5. The van der Waals surface area contributed by atoms with E-state index in [9.17, 15) is 0 Å². The molecule has 1 heterocycles. The Balaban J connectivity index is 2.39. The van der Waals surface area contributed by atoms with E-state index in [1.165, 1.54) is 7.11 Å². The summed E-state index contributed by atoms with van der Waals surface area (Å²) in [5.74, 6) is 0.767. The summed E-state index contributed by atoms with van der Waals surface area (Å²) in [7, 11) is 1.51. The fraction of sp³-hybridized carbons (Fsp3) is 0.364. The van der Waals surface area contributed by atoms with Crippen molar-refractivity contribution in [3.63, 3.8) is 0 Å². The molecule has 0 amide bonds. The van der Waals surface area contributed by atoms with Gasteiger partial charge in [-0.3, -0.25) is 0 Å². The summed E-state index contributed by atoms with van der Waals surface area (Å²) in [5, 5.41) is 7.81. The van der Waals surface area contributed by atoms with E-state index in [4.69, 9.17) is 9.47 Å². The first kappa shape index (κ1) is 10.6. The number of hydrogen-bond donors (Lipinski definition) is 0. The van der Waals surface area contributed by atoms with Gasteiger partial charge in [0.15, 0.2) is 0 Å². The van der Waals surface area contributed by atoms with Crippen LogP contribution in [-0.2, 0) is 0 Å². The number of rotatable bonds is 3. The summed E-state index contributed by atoms with van der Waals surface area (Å²) in [6.07, 6.45) is 0.136. The van der Waals surface area contributed by atoms with Gasteiger partial charge in [0.2, 0.25) is 0 Å². The van der Waals surface area contributed by atoms with E-state index in [0.29, 0.717) is 5.52 Å². The molecule has 0 saturated carbocycles. The predicted octanol–water partition coefficient (Wildman–Crippen LogP) is 1.82. The molecule has 1 aromatic heterocycles. The van der Waals surface area contributed by atoms with Crippen molar-refractivity contribution in [1.29, 1.82) is 0 Å². The van der Waals surface area contributed by atoms with Crippen molar-refractivity contribution >= 4 is 11.0 Å². The number of fused-ring (bicyclic) bond motifs is 1. The summed E-state index contributed by atoms with van der Waals surface area (Å²) in [6.45, 7) is 3.95. The van der Waals surface area contributed by atoms with E-state index in [0.717, 1.165) is 11.3 Å². The van der Waals surface area contributed by atoms with Gasteiger partial charge in [0, 0.05) is 6.07 Å². The number of ether oxygens (including phenoxy) is 2. The van der Waals surface area contributed by atoms with Crippen LogP contribution in [0.15, 0.2) is 18.2 Å². The summed E-state index contributed by atoms with van der Waals surface area (Å²) in [4.78, 5) is 4.16. The monoisotopic (exact) mass is 219 g/mol. The average Bonchev–Trinajstić information content (AvgIpc) is 2.27. The average molecular weight is 219 g/mol. The van der Waals surface area contributed by atoms with Crippen LogP contribution in [0.2, 0.25) is 0 Å². The molecule has 0 N–H and O–H groups in total. The summed E-state index contributed by atoms with van der Waals surface area (Å²) in [5.41, 5.74) is 1.43. The Hall–Kier alpha value is -1.91. The van der Waals surface area contributed by atoms with Gasteiger partial charge in [-0.05, 0) is 26.0 Å². The van der Waals surface area contributed by atoms with E-state index in [2.05, 4.69) is 15.2 Å². The molecule has 1 aromatic carbocycles. The van der Waals surface area contributed by atoms with Crippen LogP contribution < -0.4 is 9.47 Å². The van der Waals surface area contributed by atoms with E-state index in [1.54, 1.807) is 0 Å². The van der Waals surface area contributed by atoms with Gasteiger partial charge in [-0.25, -0.2) is 0 Å². The maximum absolute atomic E-state index is 5.55. The molecule has 0 spiro atoms. The molecule has 2 aromatic rings. The van der Waals surface area contributed by atoms with Gasteiger partial charge < -0.3 is 9.47 Å². The highest BCUT2D eigenvalue weighted by atomic mass is 16.5. The highest BCUT2D eigenvalue weighted by Crippen LogP contribution is 2.19. The maximum atomic E-state index is 5.55. The van der Waals surface area contributed by atoms with E-state index in [1.807, 2.05) is 32.0 Å². The van der Waals surface area contributed by atoms with Crippen molar-refractivity contribution in [3.8, 4) is 11.8 Å². The highest BCUT2D eigenvalue weighted by molar-refractivity contribution is 5.75.